The maximum absolute atomic E-state index is 13.1. The number of hydrogen-bond donors (Lipinski definition) is 2. The van der Waals surface area contributed by atoms with Gasteiger partial charge in [-0.1, -0.05) is 53.8 Å². The predicted octanol–water partition coefficient (Wildman–Crippen LogP) is 5.83. The molecule has 0 spiro atoms. The average molecular weight is 571 g/mol. The first-order chi connectivity index (χ1) is 18.8. The Morgan fingerprint density at radius 2 is 1.59 bits per heavy atom. The summed E-state index contributed by atoms with van der Waals surface area (Å²) in [5.74, 6) is -0.655. The minimum atomic E-state index is -0.469. The summed E-state index contributed by atoms with van der Waals surface area (Å²) in [6.45, 7) is 2.06. The van der Waals surface area contributed by atoms with Gasteiger partial charge in [0.1, 0.15) is 21.5 Å². The number of benzene rings is 2. The highest BCUT2D eigenvalue weighted by Gasteiger charge is 2.44. The first kappa shape index (κ1) is 27.3. The Morgan fingerprint density at radius 3 is 2.26 bits per heavy atom. The lowest BCUT2D eigenvalue weighted by Gasteiger charge is -2.36. The molecule has 1 aliphatic heterocycles. The smallest absolute Gasteiger partial charge is 0.230 e. The number of halogens is 2. The molecule has 1 saturated carbocycles. The fourth-order valence-electron chi connectivity index (χ4n) is 4.95. The summed E-state index contributed by atoms with van der Waals surface area (Å²) in [4.78, 5) is 24.4. The predicted molar refractivity (Wildman–Crippen MR) is 146 cm³/mol. The standard InChI is InChI=1S/C27H28F2N6O2S2/c1-27(35-34-26(39-27)31-23(37)14-17-7-11-21(29)12-8-17)19-4-2-3-18(15-19)24-32-33-25(38-24)30-22(36)13-16-5-9-20(28)10-6-16/h5-12,18-19,26H,2-4,13-15H2,1H3,(H,31,37)(H,30,33,36). The van der Waals surface area contributed by atoms with Gasteiger partial charge < -0.3 is 10.6 Å². The number of carbonyl (C=O) groups is 2. The van der Waals surface area contributed by atoms with E-state index in [0.717, 1.165) is 41.8 Å². The van der Waals surface area contributed by atoms with E-state index in [9.17, 15) is 18.4 Å². The third-order valence-corrected chi connectivity index (χ3v) is 9.35. The topological polar surface area (TPSA) is 109 Å². The Balaban J connectivity index is 1.13. The van der Waals surface area contributed by atoms with Crippen LogP contribution < -0.4 is 10.6 Å². The van der Waals surface area contributed by atoms with Crippen molar-refractivity contribution in [2.45, 2.75) is 61.7 Å². The third kappa shape index (κ3) is 7.04. The van der Waals surface area contributed by atoms with E-state index in [0.29, 0.717) is 5.13 Å². The van der Waals surface area contributed by atoms with Gasteiger partial charge in [0.25, 0.3) is 0 Å². The van der Waals surface area contributed by atoms with Crippen LogP contribution >= 0.6 is 23.1 Å². The summed E-state index contributed by atoms with van der Waals surface area (Å²) in [6.07, 6.45) is 4.11. The molecule has 0 bridgehead atoms. The van der Waals surface area contributed by atoms with E-state index in [1.54, 1.807) is 24.3 Å². The number of carbonyl (C=O) groups excluding carboxylic acids is 2. The first-order valence-corrected chi connectivity index (χ1v) is 14.5. The fraction of sp³-hybridized carbons (Fsp3) is 0.407. The summed E-state index contributed by atoms with van der Waals surface area (Å²) in [7, 11) is 0. The number of rotatable bonds is 8. The molecule has 1 aromatic heterocycles. The van der Waals surface area contributed by atoms with Gasteiger partial charge in [0.15, 0.2) is 5.50 Å². The lowest BCUT2D eigenvalue weighted by molar-refractivity contribution is -0.120. The Bertz CT molecular complexity index is 1350. The molecule has 2 heterocycles. The van der Waals surface area contributed by atoms with Gasteiger partial charge in [-0.15, -0.1) is 10.2 Å². The van der Waals surface area contributed by atoms with Gasteiger partial charge in [-0.25, -0.2) is 8.78 Å². The molecule has 1 fully saturated rings. The Morgan fingerprint density at radius 1 is 0.949 bits per heavy atom. The van der Waals surface area contributed by atoms with E-state index >= 15 is 0 Å². The number of anilines is 1. The molecular formula is C27H28F2N6O2S2. The van der Waals surface area contributed by atoms with Crippen LogP contribution in [0.25, 0.3) is 0 Å². The molecule has 2 aromatic carbocycles. The van der Waals surface area contributed by atoms with Gasteiger partial charge in [0, 0.05) is 5.92 Å². The summed E-state index contributed by atoms with van der Waals surface area (Å²) in [5, 5.41) is 24.5. The number of nitrogens with one attached hydrogen (secondary N) is 2. The molecule has 5 rings (SSSR count). The Kier molecular flexibility index (Phi) is 8.31. The Labute approximate surface area is 233 Å². The van der Waals surface area contributed by atoms with E-state index in [-0.39, 0.29) is 48.1 Å². The van der Waals surface area contributed by atoms with Crippen LogP contribution in [-0.4, -0.2) is 32.4 Å². The maximum Gasteiger partial charge on any atom is 0.230 e. The highest BCUT2D eigenvalue weighted by molar-refractivity contribution is 8.01. The quantitative estimate of drug-likeness (QED) is 0.354. The molecule has 0 saturated heterocycles. The third-order valence-electron chi connectivity index (χ3n) is 7.02. The minimum absolute atomic E-state index is 0.128. The van der Waals surface area contributed by atoms with Crippen LogP contribution in [0.5, 0.6) is 0 Å². The second-order valence-electron chi connectivity index (χ2n) is 9.97. The molecular weight excluding hydrogens is 542 g/mol. The lowest BCUT2D eigenvalue weighted by Crippen LogP contribution is -2.36. The van der Waals surface area contributed by atoms with Gasteiger partial charge in [-0.2, -0.15) is 10.2 Å². The zero-order valence-electron chi connectivity index (χ0n) is 21.3. The highest BCUT2D eigenvalue weighted by atomic mass is 32.2. The Hall–Kier alpha value is -3.25. The molecule has 2 N–H and O–H groups in total. The SMILES string of the molecule is CC1(C2CCCC(c3nnc(NC(=O)Cc4ccc(F)cc4)s3)C2)N=NC(NC(=O)Cc2ccc(F)cc2)S1. The van der Waals surface area contributed by atoms with E-state index in [1.807, 2.05) is 0 Å². The molecule has 4 atom stereocenters. The molecule has 39 heavy (non-hydrogen) atoms. The number of azo groups is 1. The zero-order valence-corrected chi connectivity index (χ0v) is 22.9. The van der Waals surface area contributed by atoms with Crippen LogP contribution in [0.4, 0.5) is 13.9 Å². The number of nitrogens with zero attached hydrogens (tertiary/aromatic N) is 4. The molecule has 0 radical (unpaired) electrons. The van der Waals surface area contributed by atoms with Crippen LogP contribution in [0, 0.1) is 17.6 Å². The van der Waals surface area contributed by atoms with Crippen LogP contribution in [0.2, 0.25) is 0 Å². The minimum Gasteiger partial charge on any atom is -0.324 e. The number of thioether (sulfide) groups is 1. The number of amides is 2. The molecule has 12 heteroatoms. The molecule has 204 valence electrons. The molecule has 3 aromatic rings. The van der Waals surface area contributed by atoms with E-state index in [4.69, 9.17) is 0 Å². The van der Waals surface area contributed by atoms with Crippen LogP contribution in [0.15, 0.2) is 58.8 Å². The average Bonchev–Trinajstić information content (AvgIpc) is 3.54. The van der Waals surface area contributed by atoms with Crippen molar-refractivity contribution in [2.24, 2.45) is 16.1 Å². The molecule has 2 aliphatic rings. The lowest BCUT2D eigenvalue weighted by atomic mass is 9.78. The molecule has 2 amide bonds. The van der Waals surface area contributed by atoms with Crippen molar-refractivity contribution in [2.75, 3.05) is 5.32 Å². The van der Waals surface area contributed by atoms with Crippen molar-refractivity contribution >= 4 is 40.0 Å². The van der Waals surface area contributed by atoms with E-state index in [1.165, 1.54) is 47.4 Å². The molecule has 4 unspecified atom stereocenters. The summed E-state index contributed by atoms with van der Waals surface area (Å²) < 4.78 is 26.2. The van der Waals surface area contributed by atoms with Crippen molar-refractivity contribution < 1.29 is 18.4 Å². The first-order valence-electron chi connectivity index (χ1n) is 12.8. The van der Waals surface area contributed by atoms with Crippen LogP contribution in [0.1, 0.15) is 54.7 Å². The van der Waals surface area contributed by atoms with Crippen molar-refractivity contribution in [3.63, 3.8) is 0 Å². The van der Waals surface area contributed by atoms with Gasteiger partial charge in [-0.3, -0.25) is 9.59 Å². The highest BCUT2D eigenvalue weighted by Crippen LogP contribution is 2.51. The largest absolute Gasteiger partial charge is 0.324 e. The van der Waals surface area contributed by atoms with E-state index < -0.39 is 10.4 Å². The summed E-state index contributed by atoms with van der Waals surface area (Å²) in [5.41, 5.74) is 0.984. The second-order valence-corrected chi connectivity index (χ2v) is 12.5. The second kappa shape index (κ2) is 11.9. The van der Waals surface area contributed by atoms with Gasteiger partial charge in [0.05, 0.1) is 12.8 Å². The summed E-state index contributed by atoms with van der Waals surface area (Å²) in [6, 6.07) is 11.7. The van der Waals surface area contributed by atoms with Crippen molar-refractivity contribution in [1.29, 1.82) is 0 Å². The van der Waals surface area contributed by atoms with Crippen molar-refractivity contribution in [3.8, 4) is 0 Å². The monoisotopic (exact) mass is 570 g/mol. The van der Waals surface area contributed by atoms with Crippen LogP contribution in [0.3, 0.4) is 0 Å². The normalized spacial score (nSPS) is 24.4. The van der Waals surface area contributed by atoms with Gasteiger partial charge in [0.2, 0.25) is 16.9 Å². The molecule has 1 aliphatic carbocycles. The summed E-state index contributed by atoms with van der Waals surface area (Å²) >= 11 is 2.91. The molecule has 8 nitrogen and oxygen atoms in total. The van der Waals surface area contributed by atoms with Crippen molar-refractivity contribution in [1.82, 2.24) is 15.5 Å². The van der Waals surface area contributed by atoms with Gasteiger partial charge >= 0.3 is 0 Å². The van der Waals surface area contributed by atoms with Crippen LogP contribution in [-0.2, 0) is 22.4 Å². The number of aromatic nitrogens is 2. The van der Waals surface area contributed by atoms with E-state index in [2.05, 4.69) is 38.0 Å². The fourth-order valence-corrected chi connectivity index (χ4v) is 7.10. The number of hydrogen-bond acceptors (Lipinski definition) is 8. The van der Waals surface area contributed by atoms with Crippen molar-refractivity contribution in [3.05, 3.63) is 76.3 Å². The van der Waals surface area contributed by atoms with Gasteiger partial charge in [-0.05, 0) is 67.5 Å². The maximum atomic E-state index is 13.1. The zero-order chi connectivity index (χ0) is 27.4.